The average Bonchev–Trinajstić information content (AvgIpc) is 3.00. The van der Waals surface area contributed by atoms with E-state index in [4.69, 9.17) is 10.6 Å². The van der Waals surface area contributed by atoms with E-state index in [2.05, 4.69) is 25.1 Å². The molecule has 4 aliphatic carbocycles. The summed E-state index contributed by atoms with van der Waals surface area (Å²) in [4.78, 5) is 5.47. The molecule has 0 aromatic heterocycles. The second-order valence-electron chi connectivity index (χ2n) is 9.65. The third-order valence-corrected chi connectivity index (χ3v) is 8.38. The van der Waals surface area contributed by atoms with Gasteiger partial charge in [0.2, 0.25) is 0 Å². The molecule has 140 valence electrons. The van der Waals surface area contributed by atoms with E-state index in [0.717, 1.165) is 36.3 Å². The van der Waals surface area contributed by atoms with Gasteiger partial charge in [-0.3, -0.25) is 0 Å². The number of oxime groups is 1. The molecular formula is C22H36N2O. The van der Waals surface area contributed by atoms with Gasteiger partial charge in [-0.05, 0) is 99.0 Å². The Balaban J connectivity index is 1.51. The lowest BCUT2D eigenvalue weighted by Gasteiger charge is -2.57. The summed E-state index contributed by atoms with van der Waals surface area (Å²) in [6.45, 7) is 6.48. The molecule has 25 heavy (non-hydrogen) atoms. The minimum absolute atomic E-state index is 0.420. The van der Waals surface area contributed by atoms with Crippen LogP contribution in [0.4, 0.5) is 0 Å². The minimum atomic E-state index is 0.420. The van der Waals surface area contributed by atoms with E-state index in [1.54, 1.807) is 5.57 Å². The lowest BCUT2D eigenvalue weighted by atomic mass is 9.47. The van der Waals surface area contributed by atoms with Crippen LogP contribution in [0.15, 0.2) is 16.8 Å². The zero-order valence-corrected chi connectivity index (χ0v) is 16.2. The maximum atomic E-state index is 5.52. The highest BCUT2D eigenvalue weighted by molar-refractivity contribution is 5.96. The second-order valence-corrected chi connectivity index (χ2v) is 9.65. The van der Waals surface area contributed by atoms with E-state index in [1.165, 1.54) is 51.4 Å². The summed E-state index contributed by atoms with van der Waals surface area (Å²) in [5.41, 5.74) is 9.43. The Bertz CT molecular complexity index is 568. The highest BCUT2D eigenvalue weighted by Gasteiger charge is 2.55. The van der Waals surface area contributed by atoms with Gasteiger partial charge >= 0.3 is 0 Å². The largest absolute Gasteiger partial charge is 0.396 e. The normalized spacial score (nSPS) is 44.7. The molecule has 0 aliphatic heterocycles. The Morgan fingerprint density at radius 1 is 1.12 bits per heavy atom. The molecule has 0 bridgehead atoms. The topological polar surface area (TPSA) is 47.6 Å². The molecule has 0 heterocycles. The van der Waals surface area contributed by atoms with Crippen molar-refractivity contribution in [3.05, 3.63) is 11.6 Å². The number of allylic oxidation sites excluding steroid dienone is 2. The molecule has 5 unspecified atom stereocenters. The van der Waals surface area contributed by atoms with Crippen LogP contribution < -0.4 is 5.73 Å². The van der Waals surface area contributed by atoms with E-state index in [1.807, 2.05) is 0 Å². The van der Waals surface area contributed by atoms with E-state index in [0.29, 0.717) is 24.0 Å². The monoisotopic (exact) mass is 344 g/mol. The molecule has 0 spiro atoms. The maximum absolute atomic E-state index is 5.52. The summed E-state index contributed by atoms with van der Waals surface area (Å²) in [7, 11) is 0. The SMILES string of the molecule is CC12CCCC1C1CCC3=C/C(=N/OCCCN)CCC3(C)C1CC2. The molecule has 4 aliphatic rings. The van der Waals surface area contributed by atoms with E-state index >= 15 is 0 Å². The first-order chi connectivity index (χ1) is 12.1. The van der Waals surface area contributed by atoms with Crippen molar-refractivity contribution < 1.29 is 4.84 Å². The number of nitrogens with zero attached hydrogens (tertiary/aromatic N) is 1. The maximum Gasteiger partial charge on any atom is 0.118 e. The molecule has 3 fully saturated rings. The molecule has 5 atom stereocenters. The van der Waals surface area contributed by atoms with Crippen LogP contribution in [0.5, 0.6) is 0 Å². The third kappa shape index (κ3) is 2.97. The smallest absolute Gasteiger partial charge is 0.118 e. The van der Waals surface area contributed by atoms with E-state index in [-0.39, 0.29) is 0 Å². The van der Waals surface area contributed by atoms with Crippen molar-refractivity contribution in [3.63, 3.8) is 0 Å². The van der Waals surface area contributed by atoms with Gasteiger partial charge in [-0.25, -0.2) is 0 Å². The van der Waals surface area contributed by atoms with Crippen molar-refractivity contribution in [1.29, 1.82) is 0 Å². The Hall–Kier alpha value is -0.830. The first-order valence-electron chi connectivity index (χ1n) is 10.7. The number of hydrogen-bond acceptors (Lipinski definition) is 3. The van der Waals surface area contributed by atoms with Gasteiger partial charge in [-0.2, -0.15) is 0 Å². The Kier molecular flexibility index (Phi) is 4.72. The van der Waals surface area contributed by atoms with Gasteiger partial charge in [-0.1, -0.05) is 31.0 Å². The molecule has 3 saturated carbocycles. The number of fused-ring (bicyclic) bond motifs is 5. The van der Waals surface area contributed by atoms with Crippen LogP contribution in [0.25, 0.3) is 0 Å². The fourth-order valence-electron chi connectivity index (χ4n) is 6.91. The standard InChI is InChI=1S/C22H36N2O/c1-21-10-3-5-19(21)18-7-6-16-15-17(24-25-14-4-13-23)8-12-22(16,2)20(18)9-11-21/h15,18-20H,3-14,23H2,1-2H3/b24-17+. The summed E-state index contributed by atoms with van der Waals surface area (Å²) in [5.74, 6) is 2.88. The zero-order valence-electron chi connectivity index (χ0n) is 16.2. The van der Waals surface area contributed by atoms with Gasteiger partial charge < -0.3 is 10.6 Å². The first kappa shape index (κ1) is 17.6. The van der Waals surface area contributed by atoms with Crippen molar-refractivity contribution in [2.45, 2.75) is 78.1 Å². The summed E-state index contributed by atoms with van der Waals surface area (Å²) in [6, 6.07) is 0. The zero-order chi connectivity index (χ0) is 17.5. The fraction of sp³-hybridized carbons (Fsp3) is 0.864. The third-order valence-electron chi connectivity index (χ3n) is 8.38. The van der Waals surface area contributed by atoms with Gasteiger partial charge in [0.05, 0.1) is 5.71 Å². The molecular weight excluding hydrogens is 308 g/mol. The molecule has 3 heteroatoms. The van der Waals surface area contributed by atoms with Crippen LogP contribution in [0, 0.1) is 28.6 Å². The summed E-state index contributed by atoms with van der Waals surface area (Å²) >= 11 is 0. The Labute approximate surface area is 153 Å². The van der Waals surface area contributed by atoms with Crippen molar-refractivity contribution in [1.82, 2.24) is 0 Å². The Morgan fingerprint density at radius 3 is 2.84 bits per heavy atom. The van der Waals surface area contributed by atoms with Crippen molar-refractivity contribution in [2.24, 2.45) is 39.5 Å². The van der Waals surface area contributed by atoms with Gasteiger partial charge in [-0.15, -0.1) is 0 Å². The molecule has 4 rings (SSSR count). The van der Waals surface area contributed by atoms with Crippen LogP contribution >= 0.6 is 0 Å². The quantitative estimate of drug-likeness (QED) is 0.572. The summed E-state index contributed by atoms with van der Waals surface area (Å²) in [5, 5.41) is 4.40. The van der Waals surface area contributed by atoms with Crippen LogP contribution in [0.1, 0.15) is 78.1 Å². The van der Waals surface area contributed by atoms with Crippen LogP contribution in [0.3, 0.4) is 0 Å². The van der Waals surface area contributed by atoms with Gasteiger partial charge in [0.25, 0.3) is 0 Å². The van der Waals surface area contributed by atoms with Crippen LogP contribution in [-0.2, 0) is 4.84 Å². The van der Waals surface area contributed by atoms with Crippen LogP contribution in [-0.4, -0.2) is 18.9 Å². The average molecular weight is 345 g/mol. The highest BCUT2D eigenvalue weighted by atomic mass is 16.6. The highest BCUT2D eigenvalue weighted by Crippen LogP contribution is 2.65. The summed E-state index contributed by atoms with van der Waals surface area (Å²) in [6.07, 6.45) is 15.7. The summed E-state index contributed by atoms with van der Waals surface area (Å²) < 4.78 is 0. The van der Waals surface area contributed by atoms with Crippen LogP contribution in [0.2, 0.25) is 0 Å². The van der Waals surface area contributed by atoms with Gasteiger partial charge in [0, 0.05) is 0 Å². The molecule has 0 aromatic rings. The molecule has 3 nitrogen and oxygen atoms in total. The second kappa shape index (κ2) is 6.72. The number of nitrogens with two attached hydrogens (primary N) is 1. The lowest BCUT2D eigenvalue weighted by Crippen LogP contribution is -2.49. The predicted octanol–water partition coefficient (Wildman–Crippen LogP) is 5.06. The first-order valence-corrected chi connectivity index (χ1v) is 10.7. The van der Waals surface area contributed by atoms with Crippen molar-refractivity contribution in [3.8, 4) is 0 Å². The fourth-order valence-corrected chi connectivity index (χ4v) is 6.91. The minimum Gasteiger partial charge on any atom is -0.396 e. The number of rotatable bonds is 4. The predicted molar refractivity (Wildman–Crippen MR) is 103 cm³/mol. The van der Waals surface area contributed by atoms with E-state index in [9.17, 15) is 0 Å². The molecule has 0 saturated heterocycles. The molecule has 0 aromatic carbocycles. The Morgan fingerprint density at radius 2 is 2.00 bits per heavy atom. The van der Waals surface area contributed by atoms with Crippen molar-refractivity contribution in [2.75, 3.05) is 13.2 Å². The van der Waals surface area contributed by atoms with E-state index < -0.39 is 0 Å². The van der Waals surface area contributed by atoms with Crippen molar-refractivity contribution >= 4 is 5.71 Å². The molecule has 0 radical (unpaired) electrons. The lowest BCUT2D eigenvalue weighted by molar-refractivity contribution is -0.0336. The number of hydrogen-bond donors (Lipinski definition) is 1. The van der Waals surface area contributed by atoms with Gasteiger partial charge in [0.1, 0.15) is 6.61 Å². The van der Waals surface area contributed by atoms with Gasteiger partial charge in [0.15, 0.2) is 0 Å². The molecule has 0 amide bonds. The molecule has 2 N–H and O–H groups in total.